The van der Waals surface area contributed by atoms with Crippen molar-refractivity contribution in [2.75, 3.05) is 0 Å². The van der Waals surface area contributed by atoms with E-state index in [1.165, 1.54) is 11.1 Å². The van der Waals surface area contributed by atoms with Crippen LogP contribution in [-0.2, 0) is 20.0 Å². The number of imidazole rings is 1. The third-order valence-electron chi connectivity index (χ3n) is 3.79. The van der Waals surface area contributed by atoms with Crippen LogP contribution in [0.1, 0.15) is 22.5 Å². The molecule has 1 aromatic heterocycles. The number of benzene rings is 2. The highest BCUT2D eigenvalue weighted by molar-refractivity contribution is 5.79. The molecule has 0 spiro atoms. The first-order chi connectivity index (χ1) is 9.69. The predicted octanol–water partition coefficient (Wildman–Crippen LogP) is 2.93. The minimum atomic E-state index is 0.526. The van der Waals surface area contributed by atoms with Gasteiger partial charge >= 0.3 is 0 Å². The van der Waals surface area contributed by atoms with Gasteiger partial charge in [-0.2, -0.15) is 0 Å². The van der Waals surface area contributed by atoms with Crippen molar-refractivity contribution >= 4 is 11.0 Å². The maximum atomic E-state index is 5.80. The number of hydrogen-bond donors (Lipinski definition) is 1. The van der Waals surface area contributed by atoms with E-state index in [2.05, 4.69) is 48.9 Å². The lowest BCUT2D eigenvalue weighted by Crippen LogP contribution is -1.99. The molecule has 20 heavy (non-hydrogen) atoms. The molecule has 3 nitrogen and oxygen atoms in total. The Morgan fingerprint density at radius 3 is 2.55 bits per heavy atom. The lowest BCUT2D eigenvalue weighted by Gasteiger charge is -2.03. The van der Waals surface area contributed by atoms with Gasteiger partial charge in [-0.25, -0.2) is 4.98 Å². The fraction of sp³-hybridized carbons (Fsp3) is 0.235. The van der Waals surface area contributed by atoms with Gasteiger partial charge in [0.25, 0.3) is 0 Å². The number of nitrogens with zero attached hydrogens (tertiary/aromatic N) is 2. The predicted molar refractivity (Wildman–Crippen MR) is 82.6 cm³/mol. The Kier molecular flexibility index (Phi) is 3.28. The Bertz CT molecular complexity index is 739. The average molecular weight is 265 g/mol. The van der Waals surface area contributed by atoms with Crippen LogP contribution in [-0.4, -0.2) is 9.55 Å². The van der Waals surface area contributed by atoms with Crippen LogP contribution in [0.3, 0.4) is 0 Å². The third-order valence-corrected chi connectivity index (χ3v) is 3.79. The fourth-order valence-electron chi connectivity index (χ4n) is 2.53. The van der Waals surface area contributed by atoms with Gasteiger partial charge in [-0.3, -0.25) is 0 Å². The van der Waals surface area contributed by atoms with E-state index >= 15 is 0 Å². The van der Waals surface area contributed by atoms with E-state index in [1.54, 1.807) is 0 Å². The molecule has 2 N–H and O–H groups in total. The molecule has 3 heteroatoms. The third kappa shape index (κ3) is 2.21. The summed E-state index contributed by atoms with van der Waals surface area (Å²) in [6, 6.07) is 14.8. The van der Waals surface area contributed by atoms with Gasteiger partial charge < -0.3 is 10.3 Å². The Morgan fingerprint density at radius 1 is 1.10 bits per heavy atom. The van der Waals surface area contributed by atoms with Gasteiger partial charge in [0.05, 0.1) is 11.0 Å². The van der Waals surface area contributed by atoms with E-state index in [4.69, 9.17) is 10.7 Å². The minimum absolute atomic E-state index is 0.526. The van der Waals surface area contributed by atoms with Gasteiger partial charge in [-0.05, 0) is 24.1 Å². The summed E-state index contributed by atoms with van der Waals surface area (Å²) in [5.74, 6) is 1.07. The molecular formula is C17H19N3. The molecular weight excluding hydrogens is 246 g/mol. The number of aryl methyl sites for hydroxylation is 2. The molecule has 0 unspecified atom stereocenters. The van der Waals surface area contributed by atoms with Crippen molar-refractivity contribution < 1.29 is 0 Å². The maximum absolute atomic E-state index is 5.80. The molecule has 2 aromatic carbocycles. The standard InChI is InChI=1S/C17H19N3/c1-12-6-8-13(9-7-12)10-16-19-17-14(11-18)4-3-5-15(17)20(16)2/h3-9H,10-11,18H2,1-2H3. The Labute approximate surface area is 119 Å². The van der Waals surface area contributed by atoms with Gasteiger partial charge in [0.15, 0.2) is 0 Å². The second-order valence-electron chi connectivity index (χ2n) is 5.24. The monoisotopic (exact) mass is 265 g/mol. The zero-order chi connectivity index (χ0) is 14.1. The van der Waals surface area contributed by atoms with E-state index in [-0.39, 0.29) is 0 Å². The summed E-state index contributed by atoms with van der Waals surface area (Å²) in [6.07, 6.45) is 0.843. The minimum Gasteiger partial charge on any atom is -0.331 e. The molecule has 0 saturated carbocycles. The van der Waals surface area contributed by atoms with Crippen LogP contribution in [0.25, 0.3) is 11.0 Å². The van der Waals surface area contributed by atoms with Crippen molar-refractivity contribution in [3.63, 3.8) is 0 Å². The van der Waals surface area contributed by atoms with Crippen molar-refractivity contribution in [3.05, 3.63) is 65.0 Å². The van der Waals surface area contributed by atoms with Crippen molar-refractivity contribution in [2.24, 2.45) is 12.8 Å². The largest absolute Gasteiger partial charge is 0.331 e. The molecule has 0 atom stereocenters. The van der Waals surface area contributed by atoms with Crippen LogP contribution < -0.4 is 5.73 Å². The van der Waals surface area contributed by atoms with Crippen LogP contribution in [0.5, 0.6) is 0 Å². The molecule has 0 aliphatic rings. The summed E-state index contributed by atoms with van der Waals surface area (Å²) in [7, 11) is 2.07. The Morgan fingerprint density at radius 2 is 1.85 bits per heavy atom. The van der Waals surface area contributed by atoms with Gasteiger partial charge in [-0.1, -0.05) is 42.0 Å². The van der Waals surface area contributed by atoms with E-state index < -0.39 is 0 Å². The van der Waals surface area contributed by atoms with Gasteiger partial charge in [0, 0.05) is 20.0 Å². The van der Waals surface area contributed by atoms with Crippen molar-refractivity contribution in [1.29, 1.82) is 0 Å². The second kappa shape index (κ2) is 5.10. The van der Waals surface area contributed by atoms with Crippen molar-refractivity contribution in [1.82, 2.24) is 9.55 Å². The van der Waals surface area contributed by atoms with Gasteiger partial charge in [0.1, 0.15) is 5.82 Å². The lowest BCUT2D eigenvalue weighted by atomic mass is 10.1. The first-order valence-corrected chi connectivity index (χ1v) is 6.88. The number of rotatable bonds is 3. The molecule has 3 rings (SSSR count). The van der Waals surface area contributed by atoms with Crippen molar-refractivity contribution in [2.45, 2.75) is 19.9 Å². The lowest BCUT2D eigenvalue weighted by molar-refractivity contribution is 0.844. The Balaban J connectivity index is 2.03. The molecule has 0 amide bonds. The number of hydrogen-bond acceptors (Lipinski definition) is 2. The highest BCUT2D eigenvalue weighted by Crippen LogP contribution is 2.20. The summed E-state index contributed by atoms with van der Waals surface area (Å²) in [5.41, 5.74) is 11.6. The van der Waals surface area contributed by atoms with Crippen LogP contribution >= 0.6 is 0 Å². The molecule has 102 valence electrons. The first-order valence-electron chi connectivity index (χ1n) is 6.88. The SMILES string of the molecule is Cc1ccc(Cc2nc3c(CN)cccc3n2C)cc1. The summed E-state index contributed by atoms with van der Waals surface area (Å²) in [6.45, 7) is 2.63. The molecule has 1 heterocycles. The summed E-state index contributed by atoms with van der Waals surface area (Å²) in [5, 5.41) is 0. The summed E-state index contributed by atoms with van der Waals surface area (Å²) >= 11 is 0. The highest BCUT2D eigenvalue weighted by Gasteiger charge is 2.10. The quantitative estimate of drug-likeness (QED) is 0.791. The fourth-order valence-corrected chi connectivity index (χ4v) is 2.53. The van der Waals surface area contributed by atoms with Gasteiger partial charge in [0.2, 0.25) is 0 Å². The van der Waals surface area contributed by atoms with E-state index in [9.17, 15) is 0 Å². The van der Waals surface area contributed by atoms with Crippen LogP contribution in [0.4, 0.5) is 0 Å². The number of fused-ring (bicyclic) bond motifs is 1. The van der Waals surface area contributed by atoms with E-state index in [0.717, 1.165) is 28.8 Å². The number of aromatic nitrogens is 2. The normalized spacial score (nSPS) is 11.2. The molecule has 3 aromatic rings. The van der Waals surface area contributed by atoms with E-state index in [1.807, 2.05) is 12.1 Å². The molecule has 0 saturated heterocycles. The molecule has 0 fully saturated rings. The van der Waals surface area contributed by atoms with E-state index in [0.29, 0.717) is 6.54 Å². The topological polar surface area (TPSA) is 43.8 Å². The zero-order valence-electron chi connectivity index (χ0n) is 11.9. The summed E-state index contributed by atoms with van der Waals surface area (Å²) < 4.78 is 2.16. The molecule has 0 aliphatic heterocycles. The first kappa shape index (κ1) is 12.9. The number of para-hydroxylation sites is 1. The molecule has 0 radical (unpaired) electrons. The van der Waals surface area contributed by atoms with Crippen LogP contribution in [0.15, 0.2) is 42.5 Å². The van der Waals surface area contributed by atoms with Crippen LogP contribution in [0.2, 0.25) is 0 Å². The summed E-state index contributed by atoms with van der Waals surface area (Å²) in [4.78, 5) is 4.78. The molecule has 0 aliphatic carbocycles. The smallest absolute Gasteiger partial charge is 0.114 e. The molecule has 0 bridgehead atoms. The van der Waals surface area contributed by atoms with Crippen LogP contribution in [0, 0.1) is 6.92 Å². The average Bonchev–Trinajstić information content (AvgIpc) is 2.78. The Hall–Kier alpha value is -2.13. The van der Waals surface area contributed by atoms with Gasteiger partial charge in [-0.15, -0.1) is 0 Å². The maximum Gasteiger partial charge on any atom is 0.114 e. The zero-order valence-corrected chi connectivity index (χ0v) is 11.9. The highest BCUT2D eigenvalue weighted by atomic mass is 15.1. The second-order valence-corrected chi connectivity index (χ2v) is 5.24. The number of nitrogens with two attached hydrogens (primary N) is 1. The van der Waals surface area contributed by atoms with Crippen molar-refractivity contribution in [3.8, 4) is 0 Å².